The molecule has 0 aliphatic carbocycles. The molecule has 2 aliphatic heterocycles. The van der Waals surface area contributed by atoms with Crippen molar-refractivity contribution in [3.63, 3.8) is 0 Å². The van der Waals surface area contributed by atoms with E-state index >= 15 is 0 Å². The number of aliphatic hydroxyl groups is 5. The first-order chi connectivity index (χ1) is 14.1. The normalized spacial score (nSPS) is 41.9. The Morgan fingerprint density at radius 2 is 1.43 bits per heavy atom. The summed E-state index contributed by atoms with van der Waals surface area (Å²) in [6.45, 7) is 0.899. The lowest BCUT2D eigenvalue weighted by molar-refractivity contribution is -0.379. The average molecular weight is 440 g/mol. The van der Waals surface area contributed by atoms with Crippen LogP contribution in [0.3, 0.4) is 0 Å². The summed E-state index contributed by atoms with van der Waals surface area (Å²) in [5, 5.41) is 63.6. The van der Waals surface area contributed by atoms with Gasteiger partial charge in [0.05, 0.1) is 13.2 Å². The van der Waals surface area contributed by atoms with Crippen LogP contribution in [-0.4, -0.2) is 117 Å². The van der Waals surface area contributed by atoms with Gasteiger partial charge >= 0.3 is 0 Å². The maximum atomic E-state index is 11.5. The highest BCUT2D eigenvalue weighted by Gasteiger charge is 2.52. The van der Waals surface area contributed by atoms with E-state index in [4.69, 9.17) is 14.2 Å². The molecule has 0 aromatic heterocycles. The number of rotatable bonds is 7. The van der Waals surface area contributed by atoms with E-state index in [2.05, 4.69) is 15.5 Å². The fourth-order valence-electron chi connectivity index (χ4n) is 3.49. The molecule has 0 saturated carbocycles. The molecule has 0 unspecified atom stereocenters. The second kappa shape index (κ2) is 10.7. The zero-order chi connectivity index (χ0) is 22.6. The van der Waals surface area contributed by atoms with Crippen LogP contribution in [0.15, 0.2) is 0 Å². The molecule has 0 spiro atoms. The lowest BCUT2D eigenvalue weighted by Crippen LogP contribution is -2.69. The SMILES string of the molecule is CC(=O)N[C@@H]1[C@@H](OO)[C@H](O[C@@H]2O[C@H](CO)[C@@H](O)[C@H](O)[C@H]2NC(C)=O)[C@@H](CO)O[C@H]1O. The molecule has 30 heavy (non-hydrogen) atoms. The van der Waals surface area contributed by atoms with Crippen LogP contribution >= 0.6 is 0 Å². The predicted octanol–water partition coefficient (Wildman–Crippen LogP) is -4.61. The molecule has 10 atom stereocenters. The maximum absolute atomic E-state index is 11.5. The Hall–Kier alpha value is -1.46. The quantitative estimate of drug-likeness (QED) is 0.139. The molecule has 0 radical (unpaired) electrons. The third-order valence-electron chi connectivity index (χ3n) is 4.88. The highest BCUT2D eigenvalue weighted by molar-refractivity contribution is 5.73. The van der Waals surface area contributed by atoms with Crippen molar-refractivity contribution in [2.75, 3.05) is 13.2 Å². The molecule has 2 rings (SSSR count). The third kappa shape index (κ3) is 5.42. The summed E-state index contributed by atoms with van der Waals surface area (Å²) >= 11 is 0. The van der Waals surface area contributed by atoms with E-state index in [9.17, 15) is 40.4 Å². The van der Waals surface area contributed by atoms with Crippen LogP contribution < -0.4 is 10.6 Å². The minimum Gasteiger partial charge on any atom is -0.394 e. The van der Waals surface area contributed by atoms with Crippen molar-refractivity contribution in [1.82, 2.24) is 10.6 Å². The van der Waals surface area contributed by atoms with Gasteiger partial charge in [-0.25, -0.2) is 4.89 Å². The summed E-state index contributed by atoms with van der Waals surface area (Å²) in [6, 6.07) is -2.63. The monoisotopic (exact) mass is 440 g/mol. The van der Waals surface area contributed by atoms with Crippen molar-refractivity contribution in [1.29, 1.82) is 0 Å². The lowest BCUT2D eigenvalue weighted by atomic mass is 9.94. The van der Waals surface area contributed by atoms with Gasteiger partial charge in [-0.3, -0.25) is 14.8 Å². The van der Waals surface area contributed by atoms with Gasteiger partial charge in [0, 0.05) is 13.8 Å². The summed E-state index contributed by atoms with van der Waals surface area (Å²) in [4.78, 5) is 27.4. The molecule has 8 N–H and O–H groups in total. The Morgan fingerprint density at radius 1 is 0.867 bits per heavy atom. The standard InChI is InChI=1S/C16H28N2O12/c1-5(21)17-9-12(24)11(23)7(3-19)28-16(9)29-13-8(4-20)27-15(25)10(14(13)30-26)18-6(2)22/h7-16,19-20,23-26H,3-4H2,1-2H3,(H,17,21)(H,18,22)/t7-,8-,9-,10-,11-,12-,13-,14-,15-,16+/m1/s1. The van der Waals surface area contributed by atoms with Crippen molar-refractivity contribution in [2.45, 2.75) is 75.1 Å². The van der Waals surface area contributed by atoms with Gasteiger partial charge < -0.3 is 50.4 Å². The second-order valence-electron chi connectivity index (χ2n) is 7.08. The largest absolute Gasteiger partial charge is 0.394 e. The fourth-order valence-corrected chi connectivity index (χ4v) is 3.49. The first-order valence-electron chi connectivity index (χ1n) is 9.21. The van der Waals surface area contributed by atoms with Gasteiger partial charge in [-0.1, -0.05) is 0 Å². The van der Waals surface area contributed by atoms with E-state index in [1.54, 1.807) is 0 Å². The highest BCUT2D eigenvalue weighted by Crippen LogP contribution is 2.29. The molecular formula is C16H28N2O12. The van der Waals surface area contributed by atoms with Crippen LogP contribution in [0.4, 0.5) is 0 Å². The summed E-state index contributed by atoms with van der Waals surface area (Å²) < 4.78 is 16.4. The molecule has 14 nitrogen and oxygen atoms in total. The molecule has 0 bridgehead atoms. The number of hydrogen-bond donors (Lipinski definition) is 8. The first kappa shape index (κ1) is 24.8. The maximum Gasteiger partial charge on any atom is 0.217 e. The Bertz CT molecular complexity index is 595. The van der Waals surface area contributed by atoms with Crippen LogP contribution in [0.25, 0.3) is 0 Å². The first-order valence-corrected chi connectivity index (χ1v) is 9.21. The molecule has 2 aliphatic rings. The Morgan fingerprint density at radius 3 is 1.93 bits per heavy atom. The van der Waals surface area contributed by atoms with Crippen LogP contribution in [-0.2, 0) is 28.7 Å². The van der Waals surface area contributed by atoms with Crippen molar-refractivity contribution in [2.24, 2.45) is 0 Å². The summed E-state index contributed by atoms with van der Waals surface area (Å²) in [5.41, 5.74) is 0. The average Bonchev–Trinajstić information content (AvgIpc) is 2.69. The van der Waals surface area contributed by atoms with Gasteiger partial charge in [0.25, 0.3) is 0 Å². The van der Waals surface area contributed by atoms with Gasteiger partial charge in [0.2, 0.25) is 11.8 Å². The number of hydrogen-bond acceptors (Lipinski definition) is 12. The van der Waals surface area contributed by atoms with Gasteiger partial charge in [0.15, 0.2) is 12.6 Å². The van der Waals surface area contributed by atoms with Crippen LogP contribution in [0, 0.1) is 0 Å². The molecule has 14 heteroatoms. The smallest absolute Gasteiger partial charge is 0.217 e. The predicted molar refractivity (Wildman–Crippen MR) is 93.3 cm³/mol. The zero-order valence-corrected chi connectivity index (χ0v) is 16.3. The number of carbonyl (C=O) groups is 2. The lowest BCUT2D eigenvalue weighted by Gasteiger charge is -2.47. The van der Waals surface area contributed by atoms with E-state index in [1.165, 1.54) is 0 Å². The summed E-state index contributed by atoms with van der Waals surface area (Å²) in [6.07, 6.45) is -11.7. The molecule has 2 heterocycles. The Labute approximate surface area is 171 Å². The molecular weight excluding hydrogens is 412 g/mol. The molecule has 0 aromatic rings. The van der Waals surface area contributed by atoms with E-state index in [0.29, 0.717) is 0 Å². The van der Waals surface area contributed by atoms with E-state index in [1.807, 2.05) is 0 Å². The van der Waals surface area contributed by atoms with Crippen molar-refractivity contribution in [3.8, 4) is 0 Å². The van der Waals surface area contributed by atoms with Gasteiger partial charge in [0.1, 0.15) is 48.7 Å². The summed E-state index contributed by atoms with van der Waals surface area (Å²) in [7, 11) is 0. The Balaban J connectivity index is 2.32. The molecule has 174 valence electrons. The second-order valence-corrected chi connectivity index (χ2v) is 7.08. The topological polar surface area (TPSA) is 216 Å². The van der Waals surface area contributed by atoms with Crippen molar-refractivity contribution < 1.29 is 59.5 Å². The third-order valence-corrected chi connectivity index (χ3v) is 4.88. The zero-order valence-electron chi connectivity index (χ0n) is 16.3. The minimum atomic E-state index is -1.67. The number of nitrogens with one attached hydrogen (secondary N) is 2. The van der Waals surface area contributed by atoms with Crippen LogP contribution in [0.5, 0.6) is 0 Å². The summed E-state index contributed by atoms with van der Waals surface area (Å²) in [5.74, 6) is -1.18. The van der Waals surface area contributed by atoms with E-state index < -0.39 is 86.3 Å². The van der Waals surface area contributed by atoms with Crippen molar-refractivity contribution >= 4 is 11.8 Å². The van der Waals surface area contributed by atoms with Crippen LogP contribution in [0.2, 0.25) is 0 Å². The van der Waals surface area contributed by atoms with Gasteiger partial charge in [-0.15, -0.1) is 0 Å². The molecule has 2 fully saturated rings. The molecule has 2 amide bonds. The number of ether oxygens (including phenoxy) is 3. The number of amides is 2. The highest BCUT2D eigenvalue weighted by atomic mass is 17.1. The van der Waals surface area contributed by atoms with Crippen LogP contribution in [0.1, 0.15) is 13.8 Å². The Kier molecular flexibility index (Phi) is 8.86. The number of carbonyl (C=O) groups excluding carboxylic acids is 2. The molecule has 0 aromatic carbocycles. The van der Waals surface area contributed by atoms with E-state index in [-0.39, 0.29) is 0 Å². The number of aliphatic hydroxyl groups excluding tert-OH is 5. The van der Waals surface area contributed by atoms with Gasteiger partial charge in [-0.05, 0) is 0 Å². The minimum absolute atomic E-state index is 0.588. The molecule has 2 saturated heterocycles. The fraction of sp³-hybridized carbons (Fsp3) is 0.875. The van der Waals surface area contributed by atoms with E-state index in [0.717, 1.165) is 13.8 Å². The van der Waals surface area contributed by atoms with Gasteiger partial charge in [-0.2, -0.15) is 0 Å². The van der Waals surface area contributed by atoms with Crippen molar-refractivity contribution in [3.05, 3.63) is 0 Å².